The van der Waals surface area contributed by atoms with Crippen LogP contribution in [0.1, 0.15) is 24.0 Å². The SMILES string of the molecule is CNC[C@H](C)c1ccc(-c2c(O)cc(C)c3[nH]c(=O)c4sccc4c23)cc1.Cl. The molecule has 2 heterocycles. The number of aromatic amines is 1. The topological polar surface area (TPSA) is 65.1 Å². The van der Waals surface area contributed by atoms with Gasteiger partial charge in [0.15, 0.2) is 0 Å². The molecule has 3 N–H and O–H groups in total. The molecule has 0 aliphatic heterocycles. The van der Waals surface area contributed by atoms with Crippen LogP contribution in [-0.2, 0) is 0 Å². The second kappa shape index (κ2) is 7.95. The maximum absolute atomic E-state index is 12.4. The fraction of sp³-hybridized carbons (Fsp3) is 0.227. The van der Waals surface area contributed by atoms with Crippen LogP contribution >= 0.6 is 23.7 Å². The van der Waals surface area contributed by atoms with Crippen molar-refractivity contribution in [2.75, 3.05) is 13.6 Å². The number of likely N-dealkylation sites (N-methyl/N-ethyl adjacent to an activating group) is 1. The number of phenols is 1. The fourth-order valence-electron chi connectivity index (χ4n) is 3.78. The molecule has 28 heavy (non-hydrogen) atoms. The van der Waals surface area contributed by atoms with E-state index >= 15 is 0 Å². The molecular formula is C22H23ClN2O2S. The molecule has 0 aliphatic carbocycles. The van der Waals surface area contributed by atoms with E-state index in [1.54, 1.807) is 6.07 Å². The summed E-state index contributed by atoms with van der Waals surface area (Å²) in [6, 6.07) is 12.0. The van der Waals surface area contributed by atoms with E-state index < -0.39 is 0 Å². The highest BCUT2D eigenvalue weighted by molar-refractivity contribution is 7.17. The lowest BCUT2D eigenvalue weighted by Crippen LogP contribution is -2.14. The van der Waals surface area contributed by atoms with E-state index in [1.165, 1.54) is 16.9 Å². The van der Waals surface area contributed by atoms with Crippen molar-refractivity contribution in [3.63, 3.8) is 0 Å². The van der Waals surface area contributed by atoms with E-state index in [9.17, 15) is 9.90 Å². The lowest BCUT2D eigenvalue weighted by Gasteiger charge is -2.15. The van der Waals surface area contributed by atoms with Crippen LogP contribution in [0, 0.1) is 6.92 Å². The van der Waals surface area contributed by atoms with E-state index in [-0.39, 0.29) is 23.7 Å². The highest BCUT2D eigenvalue weighted by atomic mass is 35.5. The van der Waals surface area contributed by atoms with Crippen LogP contribution < -0.4 is 10.9 Å². The van der Waals surface area contributed by atoms with Crippen molar-refractivity contribution in [3.05, 3.63) is 63.3 Å². The van der Waals surface area contributed by atoms with Crippen molar-refractivity contribution in [1.29, 1.82) is 0 Å². The third-order valence-corrected chi connectivity index (χ3v) is 6.07. The minimum Gasteiger partial charge on any atom is -0.507 e. The lowest BCUT2D eigenvalue weighted by molar-refractivity contribution is 0.477. The number of aromatic hydroxyl groups is 1. The Hall–Kier alpha value is -2.34. The monoisotopic (exact) mass is 414 g/mol. The second-order valence-corrected chi connectivity index (χ2v) is 7.95. The zero-order valence-corrected chi connectivity index (χ0v) is 17.6. The molecule has 4 rings (SSSR count). The molecule has 2 aromatic heterocycles. The molecule has 0 amide bonds. The third-order valence-electron chi connectivity index (χ3n) is 5.16. The van der Waals surface area contributed by atoms with Crippen LogP contribution in [0.5, 0.6) is 5.75 Å². The van der Waals surface area contributed by atoms with Gasteiger partial charge in [0.1, 0.15) is 10.4 Å². The van der Waals surface area contributed by atoms with Gasteiger partial charge in [-0.15, -0.1) is 23.7 Å². The number of hydrogen-bond donors (Lipinski definition) is 3. The minimum atomic E-state index is -0.0801. The first kappa shape index (κ1) is 20.4. The third kappa shape index (κ3) is 3.30. The summed E-state index contributed by atoms with van der Waals surface area (Å²) in [6.07, 6.45) is 0. The maximum atomic E-state index is 12.4. The molecule has 0 fully saturated rings. The maximum Gasteiger partial charge on any atom is 0.266 e. The van der Waals surface area contributed by atoms with Gasteiger partial charge < -0.3 is 15.4 Å². The normalized spacial score (nSPS) is 12.2. The Morgan fingerprint density at radius 2 is 1.93 bits per heavy atom. The van der Waals surface area contributed by atoms with Gasteiger partial charge in [-0.3, -0.25) is 4.79 Å². The molecule has 1 atom stereocenters. The van der Waals surface area contributed by atoms with E-state index in [1.807, 2.05) is 25.4 Å². The molecule has 0 spiro atoms. The molecule has 4 nitrogen and oxygen atoms in total. The first-order chi connectivity index (χ1) is 13.0. The molecule has 4 aromatic rings. The number of halogens is 1. The number of fused-ring (bicyclic) bond motifs is 3. The molecule has 2 aromatic carbocycles. The molecule has 0 aliphatic rings. The van der Waals surface area contributed by atoms with Gasteiger partial charge in [-0.1, -0.05) is 31.2 Å². The number of benzene rings is 2. The number of H-pyrrole nitrogens is 1. The first-order valence-electron chi connectivity index (χ1n) is 9.02. The van der Waals surface area contributed by atoms with Gasteiger partial charge in [-0.25, -0.2) is 0 Å². The molecule has 0 saturated heterocycles. The Kier molecular flexibility index (Phi) is 5.79. The molecule has 0 radical (unpaired) electrons. The van der Waals surface area contributed by atoms with Crippen LogP contribution in [0.3, 0.4) is 0 Å². The Balaban J connectivity index is 0.00000225. The van der Waals surface area contributed by atoms with Crippen molar-refractivity contribution >= 4 is 44.7 Å². The quantitative estimate of drug-likeness (QED) is 0.431. The number of pyridine rings is 1. The summed E-state index contributed by atoms with van der Waals surface area (Å²) >= 11 is 1.42. The van der Waals surface area contributed by atoms with Crippen molar-refractivity contribution < 1.29 is 5.11 Å². The van der Waals surface area contributed by atoms with Gasteiger partial charge in [-0.2, -0.15) is 0 Å². The lowest BCUT2D eigenvalue weighted by atomic mass is 9.93. The molecule has 0 bridgehead atoms. The summed E-state index contributed by atoms with van der Waals surface area (Å²) in [5, 5.41) is 17.7. The zero-order valence-electron chi connectivity index (χ0n) is 16.0. The van der Waals surface area contributed by atoms with E-state index in [0.29, 0.717) is 10.6 Å². The van der Waals surface area contributed by atoms with Crippen molar-refractivity contribution in [1.82, 2.24) is 10.3 Å². The van der Waals surface area contributed by atoms with Crippen molar-refractivity contribution in [2.24, 2.45) is 0 Å². The Bertz CT molecular complexity index is 1200. The smallest absolute Gasteiger partial charge is 0.266 e. The fourth-order valence-corrected chi connectivity index (χ4v) is 4.57. The highest BCUT2D eigenvalue weighted by Crippen LogP contribution is 2.41. The standard InChI is InChI=1S/C22H22N2O2S.ClH/c1-12-10-17(25)18(15-6-4-14(5-7-15)13(2)11-23-3)19-16-8-9-27-21(16)22(26)24-20(12)19;/h4-10,13,23,25H,11H2,1-3H3,(H,24,26);1H/t13-;/m0./s1. The molecular weight excluding hydrogens is 392 g/mol. The summed E-state index contributed by atoms with van der Waals surface area (Å²) in [6.45, 7) is 5.00. The van der Waals surface area contributed by atoms with Gasteiger partial charge in [-0.05, 0) is 54.1 Å². The number of aromatic nitrogens is 1. The van der Waals surface area contributed by atoms with Crippen LogP contribution in [0.15, 0.2) is 46.6 Å². The number of thiophene rings is 1. The van der Waals surface area contributed by atoms with E-state index in [2.05, 4.69) is 41.5 Å². The number of rotatable bonds is 4. The molecule has 146 valence electrons. The summed E-state index contributed by atoms with van der Waals surface area (Å²) in [4.78, 5) is 15.4. The predicted molar refractivity (Wildman–Crippen MR) is 121 cm³/mol. The van der Waals surface area contributed by atoms with E-state index in [4.69, 9.17) is 0 Å². The number of hydrogen-bond acceptors (Lipinski definition) is 4. The number of aryl methyl sites for hydroxylation is 1. The summed E-state index contributed by atoms with van der Waals surface area (Å²) in [5.74, 6) is 0.642. The summed E-state index contributed by atoms with van der Waals surface area (Å²) < 4.78 is 0.688. The van der Waals surface area contributed by atoms with E-state index in [0.717, 1.165) is 39.5 Å². The average molecular weight is 415 g/mol. The Labute approximate surface area is 173 Å². The summed E-state index contributed by atoms with van der Waals surface area (Å²) in [5.41, 5.74) is 4.52. The largest absolute Gasteiger partial charge is 0.507 e. The molecule has 0 saturated carbocycles. The number of nitrogens with one attached hydrogen (secondary N) is 2. The van der Waals surface area contributed by atoms with Crippen LogP contribution in [0.2, 0.25) is 0 Å². The van der Waals surface area contributed by atoms with Crippen molar-refractivity contribution in [2.45, 2.75) is 19.8 Å². The van der Waals surface area contributed by atoms with Crippen molar-refractivity contribution in [3.8, 4) is 16.9 Å². The minimum absolute atomic E-state index is 0. The van der Waals surface area contributed by atoms with Gasteiger partial charge in [0.2, 0.25) is 0 Å². The van der Waals surface area contributed by atoms with Gasteiger partial charge in [0.05, 0.1) is 5.52 Å². The van der Waals surface area contributed by atoms with Crippen LogP contribution in [0.4, 0.5) is 0 Å². The Morgan fingerprint density at radius 1 is 1.21 bits per heavy atom. The molecule has 6 heteroatoms. The first-order valence-corrected chi connectivity index (χ1v) is 9.90. The van der Waals surface area contributed by atoms with Gasteiger partial charge in [0.25, 0.3) is 5.56 Å². The Morgan fingerprint density at radius 3 is 2.61 bits per heavy atom. The second-order valence-electron chi connectivity index (χ2n) is 7.04. The predicted octanol–water partition coefficient (Wildman–Crippen LogP) is 5.17. The van der Waals surface area contributed by atoms with Crippen LogP contribution in [0.25, 0.3) is 32.1 Å². The van der Waals surface area contributed by atoms with Gasteiger partial charge in [0, 0.05) is 22.9 Å². The molecule has 0 unspecified atom stereocenters. The van der Waals surface area contributed by atoms with Crippen LogP contribution in [-0.4, -0.2) is 23.7 Å². The highest BCUT2D eigenvalue weighted by Gasteiger charge is 2.17. The average Bonchev–Trinajstić information content (AvgIpc) is 3.14. The summed E-state index contributed by atoms with van der Waals surface area (Å²) in [7, 11) is 1.95. The number of phenolic OH excluding ortho intramolecular Hbond substituents is 1. The van der Waals surface area contributed by atoms with Gasteiger partial charge >= 0.3 is 0 Å². The zero-order chi connectivity index (χ0) is 19.1.